The van der Waals surface area contributed by atoms with Gasteiger partial charge in [0.05, 0.1) is 31.1 Å². The van der Waals surface area contributed by atoms with Gasteiger partial charge in [-0.2, -0.15) is 0 Å². The van der Waals surface area contributed by atoms with Crippen molar-refractivity contribution >= 4 is 130 Å². The average molecular weight is 2000 g/mol. The molecule has 1 aromatic heterocycles. The fourth-order valence-corrected chi connectivity index (χ4v) is 14.3. The van der Waals surface area contributed by atoms with Crippen molar-refractivity contribution in [3.05, 3.63) is 18.2 Å². The van der Waals surface area contributed by atoms with Crippen LogP contribution in [0.5, 0.6) is 0 Å². The molecule has 1 heterocycles. The van der Waals surface area contributed by atoms with E-state index < -0.39 is 265 Å². The van der Waals surface area contributed by atoms with Gasteiger partial charge in [-0.1, -0.05) is 116 Å². The van der Waals surface area contributed by atoms with Gasteiger partial charge in [0, 0.05) is 45.6 Å². The number of aliphatic carboxylic acids is 1. The zero-order valence-corrected chi connectivity index (χ0v) is 84.3. The van der Waals surface area contributed by atoms with E-state index in [1.54, 1.807) is 83.1 Å². The lowest BCUT2D eigenvalue weighted by molar-refractivity contribution is -0.142. The predicted octanol–water partition coefficient (Wildman–Crippen LogP) is -6.06. The minimum atomic E-state index is -2.03. The molecular formula is C90H161N29O22. The van der Waals surface area contributed by atoms with Crippen molar-refractivity contribution in [2.45, 2.75) is 348 Å². The summed E-state index contributed by atoms with van der Waals surface area (Å²) in [5, 5.41) is 84.4. The number of aliphatic hydroxyl groups excluding tert-OH is 1. The fourth-order valence-electron chi connectivity index (χ4n) is 14.3. The number of nitrogens with zero attached hydrogens (tertiary/aromatic N) is 1. The van der Waals surface area contributed by atoms with Crippen molar-refractivity contribution in [2.24, 2.45) is 69.9 Å². The molecule has 0 bridgehead atoms. The number of carbonyl (C=O) groups is 20. The van der Waals surface area contributed by atoms with E-state index in [1.807, 2.05) is 13.8 Å². The number of primary amides is 2. The summed E-state index contributed by atoms with van der Waals surface area (Å²) in [6.45, 7) is 24.3. The summed E-state index contributed by atoms with van der Waals surface area (Å²) >= 11 is 0. The molecule has 0 saturated heterocycles. The van der Waals surface area contributed by atoms with E-state index in [1.165, 1.54) is 26.5 Å². The monoisotopic (exact) mass is 2000 g/mol. The highest BCUT2D eigenvalue weighted by molar-refractivity contribution is 6.02. The van der Waals surface area contributed by atoms with E-state index in [2.05, 4.69) is 111 Å². The van der Waals surface area contributed by atoms with Crippen LogP contribution in [-0.4, -0.2) is 286 Å². The van der Waals surface area contributed by atoms with Gasteiger partial charge in [-0.15, -0.1) is 0 Å². The Kier molecular flexibility index (Phi) is 59.6. The van der Waals surface area contributed by atoms with E-state index in [4.69, 9.17) is 45.2 Å². The topological polar surface area (TPSA) is 843 Å². The maximum absolute atomic E-state index is 14.8. The number of aliphatic hydroxyl groups is 1. The third kappa shape index (κ3) is 50.1. The first-order valence-corrected chi connectivity index (χ1v) is 48.2. The Morgan fingerprint density at radius 3 is 1.08 bits per heavy atom. The van der Waals surface area contributed by atoms with Crippen LogP contribution in [0.15, 0.2) is 12.5 Å². The maximum Gasteiger partial charge on any atom is 0.305 e. The molecule has 0 aliphatic heterocycles. The molecular weight excluding hydrogens is 1840 g/mol. The van der Waals surface area contributed by atoms with E-state index in [0.717, 1.165) is 0 Å². The number of nitrogens with two attached hydrogens (primary N) is 6. The summed E-state index contributed by atoms with van der Waals surface area (Å²) in [5.74, 6) is -22.3. The molecule has 1 rings (SSSR count). The Hall–Kier alpha value is -13.0. The van der Waals surface area contributed by atoms with E-state index in [9.17, 15) is 106 Å². The first-order chi connectivity index (χ1) is 66.2. The number of carbonyl (C=O) groups excluding carboxylic acids is 19. The molecule has 0 saturated carbocycles. The van der Waals surface area contributed by atoms with Crippen molar-refractivity contribution in [3.63, 3.8) is 0 Å². The number of nitrogens with one attached hydrogen (secondary N) is 22. The Labute approximate surface area is 823 Å². The van der Waals surface area contributed by atoms with Crippen molar-refractivity contribution in [1.29, 1.82) is 10.8 Å². The molecule has 0 spiro atoms. The summed E-state index contributed by atoms with van der Waals surface area (Å²) < 4.78 is 0. The first kappa shape index (κ1) is 126. The zero-order valence-electron chi connectivity index (χ0n) is 84.3. The number of carboxylic acid groups (broad SMARTS) is 1. The SMILES string of the molecule is CCCC[C@H](NC(=O)[C@@H](NC(=O)[C@H](CC(=O)O)NC(=O)[C@H](CCC(N)=O)NC(=O)[C@H](CC(C)C)NC(=O)[C@H](CC(C)C)NC(=O)[C@H](CCCN)NC(=O)[C@H](Cc1c[nH]cn1)NC(=O)[C@H](C)NC(=O)[C@H](CO)NC(=O)[C@H](CC(C)C)NC(=O)[C@H](CCC(N)=O)NC(=O)[C@H](CC)NC(=O)[C@H](CC(C)C)NC(=O)[C@@H](N)C(C)C)[C@@H](C)CC)C(=O)N[C@H](CCCNC(=N)N)C(=O)N[C@@H](CCCCNC(=N)N)C(=O)NC. The van der Waals surface area contributed by atoms with Crippen molar-refractivity contribution < 1.29 is 106 Å². The number of guanidine groups is 2. The highest BCUT2D eigenvalue weighted by Crippen LogP contribution is 2.18. The Morgan fingerprint density at radius 2 is 0.709 bits per heavy atom. The highest BCUT2D eigenvalue weighted by Gasteiger charge is 2.41. The second kappa shape index (κ2) is 66.6. The van der Waals surface area contributed by atoms with Crippen LogP contribution in [0.3, 0.4) is 0 Å². The number of unbranched alkanes of at least 4 members (excludes halogenated alkanes) is 2. The fraction of sp³-hybridized carbons (Fsp3) is 0.722. The van der Waals surface area contributed by atoms with Crippen molar-refractivity contribution in [2.75, 3.05) is 33.3 Å². The predicted molar refractivity (Wildman–Crippen MR) is 520 cm³/mol. The van der Waals surface area contributed by atoms with E-state index in [0.29, 0.717) is 32.2 Å². The molecule has 51 nitrogen and oxygen atoms in total. The summed E-state index contributed by atoms with van der Waals surface area (Å²) in [7, 11) is 1.37. The maximum atomic E-state index is 14.8. The van der Waals surface area contributed by atoms with Crippen LogP contribution in [0.4, 0.5) is 0 Å². The van der Waals surface area contributed by atoms with Gasteiger partial charge in [-0.3, -0.25) is 107 Å². The van der Waals surface area contributed by atoms with Crippen LogP contribution in [0.1, 0.15) is 244 Å². The number of imidazole rings is 1. The van der Waals surface area contributed by atoms with Gasteiger partial charge in [0.1, 0.15) is 96.7 Å². The molecule has 18 atom stereocenters. The summed E-state index contributed by atoms with van der Waals surface area (Å²) in [6, 6.07) is -25.2. The molecule has 0 aromatic carbocycles. The lowest BCUT2D eigenvalue weighted by Gasteiger charge is -2.30. The largest absolute Gasteiger partial charge is 0.481 e. The number of carboxylic acids is 1. The molecule has 1 aromatic rings. The molecule has 0 aliphatic rings. The number of H-pyrrole nitrogens is 1. The Balaban J connectivity index is 3.69. The van der Waals surface area contributed by atoms with Crippen molar-refractivity contribution in [3.8, 4) is 0 Å². The number of likely N-dealkylation sites (N-methyl/N-ethyl adjacent to an activating group) is 1. The minimum absolute atomic E-state index is 0.0103. The smallest absolute Gasteiger partial charge is 0.305 e. The van der Waals surface area contributed by atoms with Gasteiger partial charge in [-0.25, -0.2) is 4.98 Å². The van der Waals surface area contributed by atoms with Gasteiger partial charge in [0.15, 0.2) is 11.9 Å². The standard InChI is InChI=1S/C90H161N29O22/c1-17-20-25-55(75(128)107-57(28-24-35-102-90(97)98)76(129)106-54(73(126)99-16)26-21-22-34-101-89(95)96)111-88(141)71(50(14)18-2)119-85(138)65(41-69(123)124)116-79(132)59(30-32-68(93)122)110-81(134)60(36-45(4)5)115-82(135)61(37-46(6)7)113-77(130)56(27-23-33-91)108-84(137)64(40-52-42-100-44-103-52)112-72(125)51(15)104-86(139)66(43-120)118-83(136)62(38-47(8)9)114-78(131)58(29-31-67(92)121)109-74(127)53(19-3)105-80(133)63(39-48(10)11)117-87(140)70(94)49(12)13/h42,44-51,53-66,70-71,120H,17-41,43,91,94H2,1-16H3,(H2,92,121)(H2,93,122)(H,99,126)(H,100,103)(H,104,139)(H,105,133)(H,106,129)(H,107,128)(H,108,137)(H,109,127)(H,110,134)(H,111,141)(H,112,125)(H,113,130)(H,114,131)(H,115,135)(H,116,132)(H,117,140)(H,118,136)(H,119,138)(H,123,124)(H4,95,96,101)(H4,97,98,102)/t50-,51-,53-,54-,55-,56-,57+,58-,59-,60-,61-,62-,63-,64-,65-,66-,70-,71-/m0/s1. The summed E-state index contributed by atoms with van der Waals surface area (Å²) in [6.07, 6.45) is 0.971. The molecule has 36 N–H and O–H groups in total. The van der Waals surface area contributed by atoms with Crippen LogP contribution in [0, 0.1) is 46.3 Å². The second-order valence-corrected chi connectivity index (χ2v) is 37.2. The quantitative estimate of drug-likeness (QED) is 0.0164. The van der Waals surface area contributed by atoms with Crippen molar-refractivity contribution in [1.82, 2.24) is 111 Å². The molecule has 798 valence electrons. The lowest BCUT2D eigenvalue weighted by Crippen LogP contribution is -2.62. The number of hydrogen-bond donors (Lipinski definition) is 30. The van der Waals surface area contributed by atoms with E-state index in [-0.39, 0.29) is 144 Å². The van der Waals surface area contributed by atoms with Gasteiger partial charge in [0.2, 0.25) is 112 Å². The van der Waals surface area contributed by atoms with E-state index >= 15 is 0 Å². The number of amides is 19. The molecule has 0 fully saturated rings. The highest BCUT2D eigenvalue weighted by atomic mass is 16.4. The van der Waals surface area contributed by atoms with Crippen LogP contribution in [0.25, 0.3) is 0 Å². The molecule has 51 heteroatoms. The van der Waals surface area contributed by atoms with Crippen LogP contribution in [0.2, 0.25) is 0 Å². The summed E-state index contributed by atoms with van der Waals surface area (Å²) in [4.78, 5) is 285. The zero-order chi connectivity index (χ0) is 107. The lowest BCUT2D eigenvalue weighted by atomic mass is 9.96. The van der Waals surface area contributed by atoms with Gasteiger partial charge < -0.3 is 151 Å². The van der Waals surface area contributed by atoms with Crippen LogP contribution < -0.4 is 135 Å². The van der Waals surface area contributed by atoms with Gasteiger partial charge >= 0.3 is 5.97 Å². The van der Waals surface area contributed by atoms with Gasteiger partial charge in [0.25, 0.3) is 0 Å². The molecule has 0 unspecified atom stereocenters. The minimum Gasteiger partial charge on any atom is -0.481 e. The van der Waals surface area contributed by atoms with Gasteiger partial charge in [-0.05, 0) is 145 Å². The first-order valence-electron chi connectivity index (χ1n) is 48.2. The Bertz CT molecular complexity index is 4270. The number of aromatic amines is 1. The number of hydrogen-bond acceptors (Lipinski definition) is 26. The van der Waals surface area contributed by atoms with Crippen LogP contribution >= 0.6 is 0 Å². The third-order valence-corrected chi connectivity index (χ3v) is 22.6. The normalized spacial score (nSPS) is 15.1. The molecule has 141 heavy (non-hydrogen) atoms. The molecule has 0 aliphatic carbocycles. The summed E-state index contributed by atoms with van der Waals surface area (Å²) in [5.41, 5.74) is 34.1. The number of aromatic nitrogens is 2. The second-order valence-electron chi connectivity index (χ2n) is 37.2. The third-order valence-electron chi connectivity index (χ3n) is 22.6. The van der Waals surface area contributed by atoms with Crippen LogP contribution in [-0.2, 0) is 102 Å². The molecule has 0 radical (unpaired) electrons. The number of rotatable bonds is 71. The Morgan fingerprint density at radius 1 is 0.376 bits per heavy atom. The molecule has 19 amide bonds. The average Bonchev–Trinajstić information content (AvgIpc) is 1.62.